The Morgan fingerprint density at radius 3 is 2.68 bits per heavy atom. The van der Waals surface area contributed by atoms with Gasteiger partial charge >= 0.3 is 0 Å². The molecule has 2 aromatic heterocycles. The van der Waals surface area contributed by atoms with Crippen LogP contribution in [0.4, 0.5) is 0 Å². The van der Waals surface area contributed by atoms with E-state index >= 15 is 0 Å². The minimum absolute atomic E-state index is 0.0451. The van der Waals surface area contributed by atoms with Crippen molar-refractivity contribution in [3.8, 4) is 5.88 Å². The molecule has 0 saturated heterocycles. The van der Waals surface area contributed by atoms with Gasteiger partial charge < -0.3 is 5.11 Å². The van der Waals surface area contributed by atoms with Crippen LogP contribution in [0.15, 0.2) is 30.6 Å². The Labute approximate surface area is 114 Å². The first kappa shape index (κ1) is 12.0. The number of thiazole rings is 1. The predicted octanol–water partition coefficient (Wildman–Crippen LogP) is 2.95. The largest absolute Gasteiger partial charge is 0.492 e. The second kappa shape index (κ2) is 4.93. The highest BCUT2D eigenvalue weighted by atomic mass is 32.1. The first-order valence-electron chi connectivity index (χ1n) is 6.14. The monoisotopic (exact) mass is 271 g/mol. The van der Waals surface area contributed by atoms with Crippen molar-refractivity contribution in [3.63, 3.8) is 0 Å². The molecular weight excluding hydrogens is 258 g/mol. The number of aromatic nitrogens is 3. The van der Waals surface area contributed by atoms with Crippen molar-refractivity contribution >= 4 is 21.7 Å². The third-order valence-corrected chi connectivity index (χ3v) is 4.02. The van der Waals surface area contributed by atoms with E-state index in [0.717, 1.165) is 22.7 Å². The van der Waals surface area contributed by atoms with Gasteiger partial charge in [0.2, 0.25) is 5.88 Å². The first-order valence-corrected chi connectivity index (χ1v) is 6.95. The van der Waals surface area contributed by atoms with Crippen molar-refractivity contribution in [2.24, 2.45) is 0 Å². The summed E-state index contributed by atoms with van der Waals surface area (Å²) < 4.78 is 0. The van der Waals surface area contributed by atoms with Gasteiger partial charge in [-0.3, -0.25) is 0 Å². The molecule has 0 saturated carbocycles. The quantitative estimate of drug-likeness (QED) is 0.795. The van der Waals surface area contributed by atoms with Crippen molar-refractivity contribution in [1.29, 1.82) is 0 Å². The van der Waals surface area contributed by atoms with Crippen LogP contribution >= 0.6 is 11.3 Å². The van der Waals surface area contributed by atoms with Crippen molar-refractivity contribution in [2.45, 2.75) is 19.8 Å². The lowest BCUT2D eigenvalue weighted by molar-refractivity contribution is 0.458. The van der Waals surface area contributed by atoms with Gasteiger partial charge in [0.05, 0.1) is 0 Å². The standard InChI is InChI=1S/C14H13N3OS/c1-2-9-5-3-4-6-10(9)7-11-17-12-13(18)15-8-16-14(12)19-11/h3-6,8H,2,7H2,1H3,(H,15,16,18). The average Bonchev–Trinajstić information content (AvgIpc) is 2.83. The summed E-state index contributed by atoms with van der Waals surface area (Å²) in [4.78, 5) is 13.0. The van der Waals surface area contributed by atoms with E-state index in [9.17, 15) is 5.11 Å². The number of rotatable bonds is 3. The number of hydrogen-bond donors (Lipinski definition) is 1. The second-order valence-electron chi connectivity index (χ2n) is 4.26. The molecule has 0 fully saturated rings. The zero-order chi connectivity index (χ0) is 13.2. The minimum Gasteiger partial charge on any atom is -0.492 e. The predicted molar refractivity (Wildman–Crippen MR) is 75.5 cm³/mol. The van der Waals surface area contributed by atoms with E-state index in [1.54, 1.807) is 0 Å². The van der Waals surface area contributed by atoms with Crippen LogP contribution in [-0.2, 0) is 12.8 Å². The maximum Gasteiger partial charge on any atom is 0.242 e. The van der Waals surface area contributed by atoms with Gasteiger partial charge in [-0.05, 0) is 17.5 Å². The SMILES string of the molecule is CCc1ccccc1Cc1nc2c(O)ncnc2s1. The van der Waals surface area contributed by atoms with Crippen molar-refractivity contribution in [3.05, 3.63) is 46.7 Å². The molecule has 5 heteroatoms. The van der Waals surface area contributed by atoms with Gasteiger partial charge in [-0.2, -0.15) is 4.98 Å². The van der Waals surface area contributed by atoms with E-state index in [1.165, 1.54) is 28.8 Å². The Kier molecular flexibility index (Phi) is 3.13. The van der Waals surface area contributed by atoms with Crippen LogP contribution in [-0.4, -0.2) is 20.1 Å². The molecule has 1 aromatic carbocycles. The van der Waals surface area contributed by atoms with Crippen LogP contribution in [0.2, 0.25) is 0 Å². The highest BCUT2D eigenvalue weighted by Gasteiger charge is 2.11. The molecule has 0 radical (unpaired) electrons. The molecule has 3 aromatic rings. The Balaban J connectivity index is 1.99. The third-order valence-electron chi connectivity index (χ3n) is 3.06. The number of fused-ring (bicyclic) bond motifs is 1. The van der Waals surface area contributed by atoms with Gasteiger partial charge in [0.15, 0.2) is 10.3 Å². The number of hydrogen-bond acceptors (Lipinski definition) is 5. The topological polar surface area (TPSA) is 58.9 Å². The fourth-order valence-electron chi connectivity index (χ4n) is 2.10. The number of aryl methyl sites for hydroxylation is 1. The summed E-state index contributed by atoms with van der Waals surface area (Å²) in [5, 5.41) is 10.6. The van der Waals surface area contributed by atoms with E-state index in [-0.39, 0.29) is 5.88 Å². The highest BCUT2D eigenvalue weighted by Crippen LogP contribution is 2.27. The summed E-state index contributed by atoms with van der Waals surface area (Å²) in [6, 6.07) is 8.35. The van der Waals surface area contributed by atoms with Gasteiger partial charge in [-0.15, -0.1) is 0 Å². The van der Waals surface area contributed by atoms with Crippen LogP contribution < -0.4 is 0 Å². The van der Waals surface area contributed by atoms with Crippen LogP contribution in [0.25, 0.3) is 10.3 Å². The summed E-state index contributed by atoms with van der Waals surface area (Å²) in [6.45, 7) is 2.15. The lowest BCUT2D eigenvalue weighted by atomic mass is 10.0. The Morgan fingerprint density at radius 1 is 1.16 bits per heavy atom. The normalized spacial score (nSPS) is 11.0. The van der Waals surface area contributed by atoms with E-state index in [0.29, 0.717) is 5.52 Å². The number of aromatic hydroxyl groups is 1. The summed E-state index contributed by atoms with van der Waals surface area (Å²) in [7, 11) is 0. The second-order valence-corrected chi connectivity index (χ2v) is 5.32. The Morgan fingerprint density at radius 2 is 1.95 bits per heavy atom. The summed E-state index contributed by atoms with van der Waals surface area (Å²) in [6.07, 6.45) is 3.14. The maximum absolute atomic E-state index is 9.64. The molecule has 4 nitrogen and oxygen atoms in total. The molecule has 0 aliphatic carbocycles. The van der Waals surface area contributed by atoms with Gasteiger partial charge in [0.25, 0.3) is 0 Å². The van der Waals surface area contributed by atoms with E-state index in [4.69, 9.17) is 0 Å². The molecule has 0 aliphatic rings. The van der Waals surface area contributed by atoms with Gasteiger partial charge in [0.1, 0.15) is 11.3 Å². The molecule has 0 unspecified atom stereocenters. The lowest BCUT2D eigenvalue weighted by Gasteiger charge is -2.04. The molecule has 2 heterocycles. The van der Waals surface area contributed by atoms with Gasteiger partial charge in [-0.25, -0.2) is 9.97 Å². The first-order chi connectivity index (χ1) is 9.28. The third kappa shape index (κ3) is 2.29. The number of benzene rings is 1. The maximum atomic E-state index is 9.64. The van der Waals surface area contributed by atoms with Crippen LogP contribution in [0, 0.1) is 0 Å². The Hall–Kier alpha value is -2.01. The number of nitrogens with zero attached hydrogens (tertiary/aromatic N) is 3. The molecule has 0 aliphatic heterocycles. The highest BCUT2D eigenvalue weighted by molar-refractivity contribution is 7.18. The zero-order valence-electron chi connectivity index (χ0n) is 10.5. The fraction of sp³-hybridized carbons (Fsp3) is 0.214. The molecular formula is C14H13N3OS. The Bertz CT molecular complexity index is 724. The summed E-state index contributed by atoms with van der Waals surface area (Å²) in [5.41, 5.74) is 3.10. The van der Waals surface area contributed by atoms with Crippen LogP contribution in [0.5, 0.6) is 5.88 Å². The summed E-state index contributed by atoms with van der Waals surface area (Å²) in [5.74, 6) is -0.0451. The average molecular weight is 271 g/mol. The zero-order valence-corrected chi connectivity index (χ0v) is 11.3. The molecule has 1 N–H and O–H groups in total. The van der Waals surface area contributed by atoms with Crippen molar-refractivity contribution < 1.29 is 5.11 Å². The molecule has 3 rings (SSSR count). The van der Waals surface area contributed by atoms with Gasteiger partial charge in [-0.1, -0.05) is 42.5 Å². The lowest BCUT2D eigenvalue weighted by Crippen LogP contribution is -1.93. The minimum atomic E-state index is -0.0451. The molecule has 96 valence electrons. The molecule has 19 heavy (non-hydrogen) atoms. The molecule has 0 spiro atoms. The van der Waals surface area contributed by atoms with Crippen molar-refractivity contribution in [2.75, 3.05) is 0 Å². The fourth-order valence-corrected chi connectivity index (χ4v) is 3.02. The summed E-state index contributed by atoms with van der Waals surface area (Å²) >= 11 is 1.50. The molecule has 0 atom stereocenters. The van der Waals surface area contributed by atoms with E-state index in [2.05, 4.69) is 40.1 Å². The molecule has 0 bridgehead atoms. The smallest absolute Gasteiger partial charge is 0.242 e. The molecule has 0 amide bonds. The van der Waals surface area contributed by atoms with Crippen LogP contribution in [0.1, 0.15) is 23.1 Å². The van der Waals surface area contributed by atoms with E-state index in [1.807, 2.05) is 6.07 Å². The van der Waals surface area contributed by atoms with E-state index < -0.39 is 0 Å². The van der Waals surface area contributed by atoms with Crippen molar-refractivity contribution in [1.82, 2.24) is 15.0 Å². The van der Waals surface area contributed by atoms with Crippen LogP contribution in [0.3, 0.4) is 0 Å². The van der Waals surface area contributed by atoms with Gasteiger partial charge in [0, 0.05) is 6.42 Å².